The first-order valence-electron chi connectivity index (χ1n) is 5.18. The Balaban J connectivity index is 2.36. The molecule has 0 saturated carbocycles. The van der Waals surface area contributed by atoms with Crippen LogP contribution >= 0.6 is 0 Å². The van der Waals surface area contributed by atoms with Crippen LogP contribution in [0.3, 0.4) is 0 Å². The van der Waals surface area contributed by atoms with E-state index in [2.05, 4.69) is 15.0 Å². The van der Waals surface area contributed by atoms with E-state index in [0.29, 0.717) is 5.82 Å². The van der Waals surface area contributed by atoms with Crippen LogP contribution in [-0.2, 0) is 16.6 Å². The lowest BCUT2D eigenvalue weighted by Gasteiger charge is -2.14. The van der Waals surface area contributed by atoms with Crippen LogP contribution in [0.4, 0.5) is 0 Å². The summed E-state index contributed by atoms with van der Waals surface area (Å²) in [5.74, 6) is 0.437. The van der Waals surface area contributed by atoms with Gasteiger partial charge in [0.25, 0.3) is 5.56 Å². The van der Waals surface area contributed by atoms with Crippen molar-refractivity contribution in [2.24, 2.45) is 0 Å². The topological polar surface area (TPSA) is 132 Å². The second-order valence-corrected chi connectivity index (χ2v) is 5.75. The molecule has 0 bridgehead atoms. The fraction of sp³-hybridized carbons (Fsp3) is 0.222. The third-order valence-corrected chi connectivity index (χ3v) is 4.21. The maximum Gasteiger partial charge on any atom is 0.325 e. The van der Waals surface area contributed by atoms with E-state index in [-0.39, 0.29) is 6.54 Å². The first kappa shape index (κ1) is 13.2. The van der Waals surface area contributed by atoms with E-state index in [1.54, 1.807) is 6.20 Å². The average molecular weight is 285 g/mol. The molecule has 0 radical (unpaired) electrons. The molecule has 0 amide bonds. The van der Waals surface area contributed by atoms with E-state index in [4.69, 9.17) is 0 Å². The van der Waals surface area contributed by atoms with Crippen LogP contribution in [0.15, 0.2) is 33.1 Å². The maximum atomic E-state index is 12.1. The standard InChI is InChI=1S/C9H11N5O4S/c1-14(5-7-10-2-3-11-7)19(17,18)6-4-12-9(16)13-8(6)15/h2-4H,5H2,1H3,(H,10,11)(H2,12,13,15,16). The molecule has 19 heavy (non-hydrogen) atoms. The van der Waals surface area contributed by atoms with Gasteiger partial charge in [0.2, 0.25) is 10.0 Å². The van der Waals surface area contributed by atoms with Crippen molar-refractivity contribution in [3.05, 3.63) is 45.3 Å². The van der Waals surface area contributed by atoms with Crippen LogP contribution in [0, 0.1) is 0 Å². The van der Waals surface area contributed by atoms with Crippen molar-refractivity contribution >= 4 is 10.0 Å². The normalized spacial score (nSPS) is 11.9. The predicted molar refractivity (Wildman–Crippen MR) is 64.9 cm³/mol. The Labute approximate surface area is 107 Å². The highest BCUT2D eigenvalue weighted by Crippen LogP contribution is 2.09. The summed E-state index contributed by atoms with van der Waals surface area (Å²) in [4.78, 5) is 32.5. The van der Waals surface area contributed by atoms with Gasteiger partial charge in [0.15, 0.2) is 4.90 Å². The molecule has 102 valence electrons. The number of hydrogen-bond donors (Lipinski definition) is 3. The molecule has 10 heteroatoms. The molecule has 2 aromatic rings. The van der Waals surface area contributed by atoms with Gasteiger partial charge in [-0.25, -0.2) is 18.2 Å². The minimum atomic E-state index is -4.00. The minimum absolute atomic E-state index is 0.0199. The van der Waals surface area contributed by atoms with Crippen LogP contribution in [-0.4, -0.2) is 39.7 Å². The Morgan fingerprint density at radius 1 is 1.32 bits per heavy atom. The molecule has 3 N–H and O–H groups in total. The van der Waals surface area contributed by atoms with Gasteiger partial charge in [-0.15, -0.1) is 0 Å². The van der Waals surface area contributed by atoms with Gasteiger partial charge in [0.1, 0.15) is 5.82 Å². The molecule has 2 heterocycles. The van der Waals surface area contributed by atoms with Crippen molar-refractivity contribution in [1.29, 1.82) is 0 Å². The maximum absolute atomic E-state index is 12.1. The second-order valence-electron chi connectivity index (χ2n) is 3.73. The number of sulfonamides is 1. The van der Waals surface area contributed by atoms with Crippen LogP contribution in [0.25, 0.3) is 0 Å². The molecule has 0 saturated heterocycles. The summed E-state index contributed by atoms with van der Waals surface area (Å²) in [7, 11) is -2.70. The zero-order valence-electron chi connectivity index (χ0n) is 9.87. The second kappa shape index (κ2) is 4.82. The Kier molecular flexibility index (Phi) is 3.36. The summed E-state index contributed by atoms with van der Waals surface area (Å²) in [6.45, 7) is -0.0199. The summed E-state index contributed by atoms with van der Waals surface area (Å²) in [6.07, 6.45) is 3.92. The Morgan fingerprint density at radius 3 is 2.63 bits per heavy atom. The highest BCUT2D eigenvalue weighted by atomic mass is 32.2. The number of H-pyrrole nitrogens is 3. The van der Waals surface area contributed by atoms with Gasteiger partial charge in [-0.1, -0.05) is 0 Å². The van der Waals surface area contributed by atoms with E-state index in [1.165, 1.54) is 13.2 Å². The summed E-state index contributed by atoms with van der Waals surface area (Å²) in [5, 5.41) is 0. The monoisotopic (exact) mass is 285 g/mol. The Bertz CT molecular complexity index is 773. The molecule has 0 aromatic carbocycles. The van der Waals surface area contributed by atoms with Gasteiger partial charge >= 0.3 is 5.69 Å². The van der Waals surface area contributed by atoms with E-state index in [1.807, 2.05) is 4.98 Å². The number of nitrogens with zero attached hydrogens (tertiary/aromatic N) is 2. The predicted octanol–water partition coefficient (Wildman–Crippen LogP) is -1.39. The molecule has 0 aliphatic heterocycles. The zero-order valence-corrected chi connectivity index (χ0v) is 10.7. The smallest absolute Gasteiger partial charge is 0.325 e. The van der Waals surface area contributed by atoms with E-state index in [0.717, 1.165) is 10.5 Å². The van der Waals surface area contributed by atoms with Crippen molar-refractivity contribution in [2.45, 2.75) is 11.4 Å². The molecule has 0 aliphatic carbocycles. The highest BCUT2D eigenvalue weighted by molar-refractivity contribution is 7.89. The lowest BCUT2D eigenvalue weighted by molar-refractivity contribution is 0.456. The molecule has 0 unspecified atom stereocenters. The van der Waals surface area contributed by atoms with Crippen molar-refractivity contribution in [2.75, 3.05) is 7.05 Å². The Hall–Kier alpha value is -2.20. The third-order valence-electron chi connectivity index (χ3n) is 2.40. The number of hydrogen-bond acceptors (Lipinski definition) is 5. The van der Waals surface area contributed by atoms with Crippen molar-refractivity contribution < 1.29 is 8.42 Å². The van der Waals surface area contributed by atoms with Crippen molar-refractivity contribution in [3.8, 4) is 0 Å². The summed E-state index contributed by atoms with van der Waals surface area (Å²) < 4.78 is 25.2. The van der Waals surface area contributed by atoms with Crippen LogP contribution in [0.1, 0.15) is 5.82 Å². The number of aromatic amines is 3. The third kappa shape index (κ3) is 2.63. The van der Waals surface area contributed by atoms with Gasteiger partial charge in [-0.2, -0.15) is 4.31 Å². The van der Waals surface area contributed by atoms with Crippen LogP contribution in [0.5, 0.6) is 0 Å². The minimum Gasteiger partial charge on any atom is -0.347 e. The fourth-order valence-electron chi connectivity index (χ4n) is 1.44. The van der Waals surface area contributed by atoms with Gasteiger partial charge in [-0.3, -0.25) is 9.78 Å². The SMILES string of the molecule is CN(Cc1ncc[nH]1)S(=O)(=O)c1c[nH]c(=O)[nH]c1=O. The van der Waals surface area contributed by atoms with E-state index < -0.39 is 26.2 Å². The number of rotatable bonds is 4. The summed E-state index contributed by atoms with van der Waals surface area (Å²) in [6, 6.07) is 0. The summed E-state index contributed by atoms with van der Waals surface area (Å²) in [5.41, 5.74) is -1.73. The van der Waals surface area contributed by atoms with E-state index in [9.17, 15) is 18.0 Å². The van der Waals surface area contributed by atoms with Gasteiger partial charge in [-0.05, 0) is 0 Å². The molecule has 0 aliphatic rings. The van der Waals surface area contributed by atoms with E-state index >= 15 is 0 Å². The van der Waals surface area contributed by atoms with Crippen LogP contribution in [0.2, 0.25) is 0 Å². The zero-order chi connectivity index (χ0) is 14.0. The fourth-order valence-corrected chi connectivity index (χ4v) is 2.56. The van der Waals surface area contributed by atoms with Gasteiger partial charge in [0, 0.05) is 25.6 Å². The summed E-state index contributed by atoms with van der Waals surface area (Å²) >= 11 is 0. The molecular weight excluding hydrogens is 274 g/mol. The lowest BCUT2D eigenvalue weighted by atomic mass is 10.6. The first-order valence-corrected chi connectivity index (χ1v) is 6.62. The molecule has 2 aromatic heterocycles. The van der Waals surface area contributed by atoms with Crippen molar-refractivity contribution in [3.63, 3.8) is 0 Å². The van der Waals surface area contributed by atoms with Crippen molar-refractivity contribution in [1.82, 2.24) is 24.2 Å². The molecule has 0 spiro atoms. The number of nitrogens with one attached hydrogen (secondary N) is 3. The van der Waals surface area contributed by atoms with Gasteiger partial charge in [0.05, 0.1) is 6.54 Å². The largest absolute Gasteiger partial charge is 0.347 e. The lowest BCUT2D eigenvalue weighted by Crippen LogP contribution is -2.34. The number of aromatic nitrogens is 4. The number of imidazole rings is 1. The molecule has 0 atom stereocenters. The average Bonchev–Trinajstić information content (AvgIpc) is 2.81. The quantitative estimate of drug-likeness (QED) is 0.636. The molecule has 2 rings (SSSR count). The molecular formula is C9H11N5O4S. The van der Waals surface area contributed by atoms with Crippen LogP contribution < -0.4 is 11.2 Å². The Morgan fingerprint density at radius 2 is 2.05 bits per heavy atom. The molecule has 9 nitrogen and oxygen atoms in total. The molecule has 0 fully saturated rings. The highest BCUT2D eigenvalue weighted by Gasteiger charge is 2.25. The van der Waals surface area contributed by atoms with Gasteiger partial charge < -0.3 is 9.97 Å². The first-order chi connectivity index (χ1) is 8.91.